The maximum absolute atomic E-state index is 12.3. The average molecular weight is 352 g/mol. The van der Waals surface area contributed by atoms with Crippen LogP contribution in [0.15, 0.2) is 27.6 Å². The lowest BCUT2D eigenvalue weighted by molar-refractivity contribution is 0.130. The monoisotopic (exact) mass is 351 g/mol. The van der Waals surface area contributed by atoms with E-state index >= 15 is 0 Å². The molecule has 1 rings (SSSR count). The molecule has 0 atom stereocenters. The number of ether oxygens (including phenoxy) is 2. The van der Waals surface area contributed by atoms with E-state index in [2.05, 4.69) is 15.9 Å². The van der Waals surface area contributed by atoms with Gasteiger partial charge < -0.3 is 9.47 Å². The molecule has 0 aliphatic heterocycles. The molecule has 0 saturated heterocycles. The summed E-state index contributed by atoms with van der Waals surface area (Å²) in [7, 11) is -0.650. The molecular formula is C12H18BrNO4S. The zero-order chi connectivity index (χ0) is 14.5. The highest BCUT2D eigenvalue weighted by atomic mass is 79.9. The van der Waals surface area contributed by atoms with Crippen LogP contribution in [0.3, 0.4) is 0 Å². The van der Waals surface area contributed by atoms with E-state index in [1.165, 1.54) is 14.2 Å². The summed E-state index contributed by atoms with van der Waals surface area (Å²) in [5.41, 5.74) is 0.800. The van der Waals surface area contributed by atoms with E-state index in [9.17, 15) is 8.42 Å². The second-order valence-corrected chi connectivity index (χ2v) is 6.69. The summed E-state index contributed by atoms with van der Waals surface area (Å²) in [4.78, 5) is 0.212. The predicted molar refractivity (Wildman–Crippen MR) is 76.3 cm³/mol. The van der Waals surface area contributed by atoms with Crippen LogP contribution < -0.4 is 0 Å². The van der Waals surface area contributed by atoms with E-state index in [0.29, 0.717) is 17.7 Å². The smallest absolute Gasteiger partial charge is 0.245 e. The van der Waals surface area contributed by atoms with E-state index in [-0.39, 0.29) is 11.6 Å². The lowest BCUT2D eigenvalue weighted by Crippen LogP contribution is -2.29. The van der Waals surface area contributed by atoms with Crippen molar-refractivity contribution in [3.8, 4) is 0 Å². The lowest BCUT2D eigenvalue weighted by atomic mass is 10.2. The minimum absolute atomic E-state index is 0.00443. The van der Waals surface area contributed by atoms with Crippen molar-refractivity contribution in [3.05, 3.63) is 28.2 Å². The molecule has 0 bridgehead atoms. The van der Waals surface area contributed by atoms with Gasteiger partial charge in [-0.05, 0) is 34.5 Å². The number of benzene rings is 1. The fraction of sp³-hybridized carbons (Fsp3) is 0.500. The highest BCUT2D eigenvalue weighted by molar-refractivity contribution is 9.10. The second-order valence-electron chi connectivity index (χ2n) is 3.89. The number of rotatable bonds is 7. The Bertz CT molecular complexity index is 518. The zero-order valence-electron chi connectivity index (χ0n) is 11.2. The van der Waals surface area contributed by atoms with Gasteiger partial charge in [-0.1, -0.05) is 12.1 Å². The average Bonchev–Trinajstić information content (AvgIpc) is 2.37. The summed E-state index contributed by atoms with van der Waals surface area (Å²) in [5.74, 6) is 0. The third-order valence-corrected chi connectivity index (χ3v) is 5.53. The molecule has 19 heavy (non-hydrogen) atoms. The summed E-state index contributed by atoms with van der Waals surface area (Å²) in [6, 6.07) is 5.09. The van der Waals surface area contributed by atoms with Crippen molar-refractivity contribution in [1.82, 2.24) is 4.31 Å². The molecule has 0 radical (unpaired) electrons. The van der Waals surface area contributed by atoms with Gasteiger partial charge in [0.25, 0.3) is 0 Å². The fourth-order valence-electron chi connectivity index (χ4n) is 1.50. The van der Waals surface area contributed by atoms with Crippen LogP contribution in [-0.4, -0.2) is 40.2 Å². The number of hydrogen-bond donors (Lipinski definition) is 0. The summed E-state index contributed by atoms with van der Waals surface area (Å²) in [5, 5.41) is 0. The Hall–Kier alpha value is -0.470. The van der Waals surface area contributed by atoms with Crippen molar-refractivity contribution in [2.75, 3.05) is 27.5 Å². The quantitative estimate of drug-likeness (QED) is 0.706. The van der Waals surface area contributed by atoms with Crippen LogP contribution in [0, 0.1) is 0 Å². The van der Waals surface area contributed by atoms with E-state index in [1.54, 1.807) is 12.1 Å². The predicted octanol–water partition coefficient (Wildman–Crippen LogP) is 2.21. The van der Waals surface area contributed by atoms with Crippen LogP contribution in [0.5, 0.6) is 0 Å². The number of halogens is 1. The van der Waals surface area contributed by atoms with Crippen LogP contribution >= 0.6 is 15.9 Å². The number of nitrogens with zero attached hydrogens (tertiary/aromatic N) is 1. The summed E-state index contributed by atoms with van der Waals surface area (Å²) < 4.78 is 36.5. The molecule has 0 fully saturated rings. The van der Waals surface area contributed by atoms with E-state index in [0.717, 1.165) is 9.87 Å². The van der Waals surface area contributed by atoms with Crippen LogP contribution in [-0.2, 0) is 26.1 Å². The molecular weight excluding hydrogens is 334 g/mol. The molecule has 108 valence electrons. The Morgan fingerprint density at radius 2 is 2.05 bits per heavy atom. The van der Waals surface area contributed by atoms with Gasteiger partial charge in [0.2, 0.25) is 10.0 Å². The third kappa shape index (κ3) is 4.00. The summed E-state index contributed by atoms with van der Waals surface area (Å²) in [6.07, 6.45) is 0. The topological polar surface area (TPSA) is 55.8 Å². The molecule has 0 aliphatic carbocycles. The molecule has 0 unspecified atom stereocenters. The largest absolute Gasteiger partial charge is 0.377 e. The Balaban J connectivity index is 3.13. The van der Waals surface area contributed by atoms with Crippen LogP contribution in [0.2, 0.25) is 0 Å². The van der Waals surface area contributed by atoms with Gasteiger partial charge in [0.05, 0.1) is 11.5 Å². The zero-order valence-corrected chi connectivity index (χ0v) is 13.6. The van der Waals surface area contributed by atoms with E-state index in [1.807, 2.05) is 13.0 Å². The maximum Gasteiger partial charge on any atom is 0.245 e. The Labute approximate surface area is 122 Å². The molecule has 0 heterocycles. The maximum atomic E-state index is 12.3. The fourth-order valence-corrected chi connectivity index (χ4v) is 3.68. The van der Waals surface area contributed by atoms with Crippen molar-refractivity contribution >= 4 is 26.0 Å². The van der Waals surface area contributed by atoms with Gasteiger partial charge in [0, 0.05) is 25.2 Å². The molecule has 5 nitrogen and oxygen atoms in total. The van der Waals surface area contributed by atoms with Crippen molar-refractivity contribution in [1.29, 1.82) is 0 Å². The molecule has 0 amide bonds. The second kappa shape index (κ2) is 7.35. The third-order valence-electron chi connectivity index (χ3n) is 2.50. The molecule has 1 aromatic carbocycles. The van der Waals surface area contributed by atoms with Gasteiger partial charge in [-0.15, -0.1) is 0 Å². The lowest BCUT2D eigenvalue weighted by Gasteiger charge is -2.18. The van der Waals surface area contributed by atoms with E-state index in [4.69, 9.17) is 9.47 Å². The Morgan fingerprint density at radius 3 is 2.63 bits per heavy atom. The van der Waals surface area contributed by atoms with Gasteiger partial charge in [0.15, 0.2) is 0 Å². The molecule has 0 spiro atoms. The van der Waals surface area contributed by atoms with Crippen molar-refractivity contribution in [2.45, 2.75) is 18.4 Å². The van der Waals surface area contributed by atoms with Crippen LogP contribution in [0.25, 0.3) is 0 Å². The van der Waals surface area contributed by atoms with E-state index < -0.39 is 10.0 Å². The summed E-state index contributed by atoms with van der Waals surface area (Å²) in [6.45, 7) is 2.84. The number of hydrogen-bond acceptors (Lipinski definition) is 4. The van der Waals surface area contributed by atoms with Crippen LogP contribution in [0.1, 0.15) is 12.5 Å². The van der Waals surface area contributed by atoms with Gasteiger partial charge in [-0.25, -0.2) is 8.42 Å². The van der Waals surface area contributed by atoms with Crippen molar-refractivity contribution in [2.24, 2.45) is 0 Å². The summed E-state index contributed by atoms with van der Waals surface area (Å²) >= 11 is 3.34. The van der Waals surface area contributed by atoms with Gasteiger partial charge in [0.1, 0.15) is 6.73 Å². The normalized spacial score (nSPS) is 12.1. The van der Waals surface area contributed by atoms with Gasteiger partial charge >= 0.3 is 0 Å². The Morgan fingerprint density at radius 1 is 1.37 bits per heavy atom. The first-order valence-electron chi connectivity index (χ1n) is 5.75. The number of sulfonamides is 1. The Kier molecular flexibility index (Phi) is 6.41. The number of methoxy groups -OCH3 is 1. The molecule has 0 saturated carbocycles. The van der Waals surface area contributed by atoms with Crippen LogP contribution in [0.4, 0.5) is 0 Å². The minimum atomic E-state index is -3.57. The highest BCUT2D eigenvalue weighted by Gasteiger charge is 2.24. The SMILES string of the molecule is CCOCc1cccc(S(=O)(=O)N(C)COC)c1Br. The van der Waals surface area contributed by atoms with Gasteiger partial charge in [-0.2, -0.15) is 4.31 Å². The molecule has 1 aromatic rings. The first kappa shape index (κ1) is 16.6. The molecule has 0 N–H and O–H groups in total. The van der Waals surface area contributed by atoms with Gasteiger partial charge in [-0.3, -0.25) is 0 Å². The first-order chi connectivity index (χ1) is 8.95. The molecule has 0 aromatic heterocycles. The molecule has 0 aliphatic rings. The standard InChI is InChI=1S/C12H18BrNO4S/c1-4-18-8-10-6-5-7-11(12(10)13)19(15,16)14(2)9-17-3/h5-7H,4,8-9H2,1-3H3. The van der Waals surface area contributed by atoms with Crippen molar-refractivity contribution < 1.29 is 17.9 Å². The molecule has 7 heteroatoms. The first-order valence-corrected chi connectivity index (χ1v) is 7.98. The van der Waals surface area contributed by atoms with Crippen molar-refractivity contribution in [3.63, 3.8) is 0 Å². The minimum Gasteiger partial charge on any atom is -0.377 e. The highest BCUT2D eigenvalue weighted by Crippen LogP contribution is 2.28.